The molecule has 1 aliphatic rings. The summed E-state index contributed by atoms with van der Waals surface area (Å²) in [6, 6.07) is -0.707. The molecule has 1 aromatic carbocycles. The Morgan fingerprint density at radius 3 is 2.19 bits per heavy atom. The summed E-state index contributed by atoms with van der Waals surface area (Å²) in [4.78, 5) is 28.5. The smallest absolute Gasteiger partial charge is 0.407 e. The topological polar surface area (TPSA) is 135 Å². The van der Waals surface area contributed by atoms with Crippen molar-refractivity contribution in [1.29, 1.82) is 0 Å². The Morgan fingerprint density at radius 1 is 1.14 bits per heavy atom. The van der Waals surface area contributed by atoms with Crippen molar-refractivity contribution in [2.75, 3.05) is 16.8 Å². The standard InChI is InChI=1S/C19H14BF7N4O6/c1-7-10(21)3-4-12(28-7)30(2)15(33)37-13-9(17(25,26)27)5-8(16(22,23)24)6-11(13)31-14(32)29-18(20,34)19(31,35)36/h3-6,34-36H,1-2H3,(H,29,32). The lowest BCUT2D eigenvalue weighted by molar-refractivity contribution is -0.228. The minimum Gasteiger partial charge on any atom is -0.407 e. The maximum Gasteiger partial charge on any atom is 0.420 e. The normalized spacial score (nSPS) is 19.6. The number of aryl methyl sites for hydroxylation is 1. The fraction of sp³-hybridized carbons (Fsp3) is 0.316. The number of urea groups is 1. The highest BCUT2D eigenvalue weighted by molar-refractivity contribution is 6.19. The molecule has 0 aliphatic carbocycles. The van der Waals surface area contributed by atoms with Crippen molar-refractivity contribution in [2.24, 2.45) is 0 Å². The van der Waals surface area contributed by atoms with E-state index in [-0.39, 0.29) is 17.6 Å². The molecule has 2 aromatic rings. The summed E-state index contributed by atoms with van der Waals surface area (Å²) < 4.78 is 100. The predicted molar refractivity (Wildman–Crippen MR) is 109 cm³/mol. The summed E-state index contributed by atoms with van der Waals surface area (Å²) in [5, 5.41) is 31.5. The van der Waals surface area contributed by atoms with Gasteiger partial charge in [-0.15, -0.1) is 0 Å². The molecule has 0 saturated carbocycles. The van der Waals surface area contributed by atoms with Crippen LogP contribution in [0.2, 0.25) is 0 Å². The lowest BCUT2D eigenvalue weighted by atomic mass is 9.87. The number of nitrogens with one attached hydrogen (secondary N) is 1. The number of halogens is 7. The largest absolute Gasteiger partial charge is 0.420 e. The second-order valence-corrected chi connectivity index (χ2v) is 7.70. The van der Waals surface area contributed by atoms with Gasteiger partial charge in [-0.2, -0.15) is 26.3 Å². The molecule has 3 amide bonds. The van der Waals surface area contributed by atoms with Crippen molar-refractivity contribution in [2.45, 2.75) is 30.8 Å². The summed E-state index contributed by atoms with van der Waals surface area (Å²) >= 11 is 0. The molecule has 0 spiro atoms. The number of anilines is 2. The van der Waals surface area contributed by atoms with Gasteiger partial charge in [0.05, 0.1) is 16.9 Å². The molecular weight excluding hydrogens is 524 g/mol. The van der Waals surface area contributed by atoms with Crippen LogP contribution in [0.25, 0.3) is 0 Å². The minimum atomic E-state index is -5.67. The predicted octanol–water partition coefficient (Wildman–Crippen LogP) is 2.18. The minimum absolute atomic E-state index is 0.166. The molecule has 3 rings (SSSR count). The Hall–Kier alpha value is -3.64. The second-order valence-electron chi connectivity index (χ2n) is 7.70. The van der Waals surface area contributed by atoms with Crippen molar-refractivity contribution in [3.05, 3.63) is 46.9 Å². The van der Waals surface area contributed by atoms with E-state index in [1.54, 1.807) is 0 Å². The van der Waals surface area contributed by atoms with Crippen LogP contribution in [0.15, 0.2) is 24.3 Å². The summed E-state index contributed by atoms with van der Waals surface area (Å²) in [6.07, 6.45) is -12.9. The van der Waals surface area contributed by atoms with E-state index in [1.165, 1.54) is 12.2 Å². The van der Waals surface area contributed by atoms with Crippen LogP contribution in [0.1, 0.15) is 16.8 Å². The van der Waals surface area contributed by atoms with E-state index in [2.05, 4.69) is 9.72 Å². The number of amides is 3. The first kappa shape index (κ1) is 27.9. The van der Waals surface area contributed by atoms with Crippen LogP contribution in [-0.4, -0.2) is 58.9 Å². The third-order valence-corrected chi connectivity index (χ3v) is 5.08. The Bertz CT molecular complexity index is 1270. The number of aliphatic hydroxyl groups is 3. The highest BCUT2D eigenvalue weighted by atomic mass is 19.4. The van der Waals surface area contributed by atoms with Crippen molar-refractivity contribution in [1.82, 2.24) is 10.3 Å². The zero-order chi connectivity index (χ0) is 28.3. The quantitative estimate of drug-likeness (QED) is 0.268. The monoisotopic (exact) mass is 538 g/mol. The molecule has 4 N–H and O–H groups in total. The summed E-state index contributed by atoms with van der Waals surface area (Å²) in [5.74, 6) is -7.00. The van der Waals surface area contributed by atoms with E-state index >= 15 is 0 Å². The summed E-state index contributed by atoms with van der Waals surface area (Å²) in [7, 11) is 6.01. The number of aromatic nitrogens is 1. The Kier molecular flexibility index (Phi) is 6.60. The number of pyridine rings is 1. The molecule has 1 fully saturated rings. The van der Waals surface area contributed by atoms with Gasteiger partial charge in [-0.1, -0.05) is 0 Å². The van der Waals surface area contributed by atoms with Gasteiger partial charge >= 0.3 is 24.5 Å². The molecule has 2 radical (unpaired) electrons. The summed E-state index contributed by atoms with van der Waals surface area (Å²) in [5.41, 5.74) is -9.70. The maximum atomic E-state index is 13.9. The van der Waals surface area contributed by atoms with Gasteiger partial charge in [0.1, 0.15) is 17.2 Å². The number of ether oxygens (including phenoxy) is 1. The van der Waals surface area contributed by atoms with Crippen molar-refractivity contribution in [3.8, 4) is 5.75 Å². The van der Waals surface area contributed by atoms with E-state index < -0.39 is 75.4 Å². The lowest BCUT2D eigenvalue weighted by Crippen LogP contribution is -2.62. The number of nitrogens with zero attached hydrogens (tertiary/aromatic N) is 3. The Balaban J connectivity index is 2.25. The molecule has 2 heterocycles. The van der Waals surface area contributed by atoms with Crippen LogP contribution in [0, 0.1) is 12.7 Å². The van der Waals surface area contributed by atoms with Gasteiger partial charge in [0.2, 0.25) is 0 Å². The average molecular weight is 538 g/mol. The fourth-order valence-corrected chi connectivity index (χ4v) is 3.12. The maximum absolute atomic E-state index is 13.9. The number of carbonyl (C=O) groups excluding carboxylic acids is 2. The van der Waals surface area contributed by atoms with Crippen LogP contribution < -0.4 is 19.9 Å². The van der Waals surface area contributed by atoms with E-state index in [1.807, 2.05) is 0 Å². The molecule has 198 valence electrons. The van der Waals surface area contributed by atoms with Crippen LogP contribution in [0.5, 0.6) is 5.75 Å². The van der Waals surface area contributed by atoms with Crippen LogP contribution in [-0.2, 0) is 12.4 Å². The molecule has 0 bridgehead atoms. The first-order valence-electron chi connectivity index (χ1n) is 9.68. The third kappa shape index (κ3) is 4.99. The average Bonchev–Trinajstić information content (AvgIpc) is 2.90. The first-order chi connectivity index (χ1) is 16.7. The van der Waals surface area contributed by atoms with Gasteiger partial charge in [-0.05, 0) is 31.2 Å². The van der Waals surface area contributed by atoms with Gasteiger partial charge in [0.25, 0.3) is 5.91 Å². The molecule has 1 unspecified atom stereocenters. The van der Waals surface area contributed by atoms with Crippen LogP contribution in [0.4, 0.5) is 51.8 Å². The Labute approximate surface area is 203 Å². The third-order valence-electron chi connectivity index (χ3n) is 5.08. The zero-order valence-corrected chi connectivity index (χ0v) is 18.4. The number of rotatable bonds is 3. The molecule has 1 atom stereocenters. The van der Waals surface area contributed by atoms with E-state index in [0.29, 0.717) is 4.90 Å². The molecule has 10 nitrogen and oxygen atoms in total. The highest BCUT2D eigenvalue weighted by Gasteiger charge is 2.60. The highest BCUT2D eigenvalue weighted by Crippen LogP contribution is 2.48. The summed E-state index contributed by atoms with van der Waals surface area (Å²) in [6.45, 7) is 1.19. The number of benzene rings is 1. The molecule has 1 aromatic heterocycles. The molecule has 37 heavy (non-hydrogen) atoms. The van der Waals surface area contributed by atoms with Crippen molar-refractivity contribution >= 4 is 31.5 Å². The number of hydrogen-bond donors (Lipinski definition) is 4. The van der Waals surface area contributed by atoms with E-state index in [9.17, 15) is 55.6 Å². The van der Waals surface area contributed by atoms with E-state index in [4.69, 9.17) is 7.85 Å². The van der Waals surface area contributed by atoms with Gasteiger partial charge < -0.3 is 25.4 Å². The van der Waals surface area contributed by atoms with E-state index in [0.717, 1.165) is 19.2 Å². The van der Waals surface area contributed by atoms with Gasteiger partial charge in [0, 0.05) is 7.05 Å². The first-order valence-corrected chi connectivity index (χ1v) is 9.68. The van der Waals surface area contributed by atoms with Gasteiger partial charge in [0.15, 0.2) is 19.2 Å². The molecule has 1 saturated heterocycles. The second kappa shape index (κ2) is 8.74. The fourth-order valence-electron chi connectivity index (χ4n) is 3.12. The van der Waals surface area contributed by atoms with Gasteiger partial charge in [-0.3, -0.25) is 4.90 Å². The van der Waals surface area contributed by atoms with Crippen molar-refractivity contribution in [3.63, 3.8) is 0 Å². The SMILES string of the molecule is [B]C1(O)NC(=O)N(c2cc(C(F)(F)F)cc(C(F)(F)F)c2OC(=O)N(C)c2ccc(F)c(C)n2)C1(O)O. The van der Waals surface area contributed by atoms with Gasteiger partial charge in [-0.25, -0.2) is 23.9 Å². The molecule has 18 heteroatoms. The van der Waals surface area contributed by atoms with Crippen molar-refractivity contribution < 1.29 is 60.4 Å². The molecular formula is C19H14BF7N4O6. The lowest BCUT2D eigenvalue weighted by Gasteiger charge is -2.35. The number of alkyl halides is 6. The number of hydrogen-bond acceptors (Lipinski definition) is 7. The van der Waals surface area contributed by atoms with Crippen LogP contribution in [0.3, 0.4) is 0 Å². The van der Waals surface area contributed by atoms with Crippen LogP contribution >= 0.6 is 0 Å². The number of carbonyl (C=O) groups is 2. The zero-order valence-electron chi connectivity index (χ0n) is 18.4. The molecule has 1 aliphatic heterocycles. The Morgan fingerprint density at radius 2 is 1.73 bits per heavy atom.